The van der Waals surface area contributed by atoms with Crippen LogP contribution >= 0.6 is 0 Å². The Morgan fingerprint density at radius 1 is 0.515 bits per heavy atom. The molecule has 0 spiro atoms. The molecule has 66 heavy (non-hydrogen) atoms. The van der Waals surface area contributed by atoms with Crippen molar-refractivity contribution in [3.8, 4) is 0 Å². The van der Waals surface area contributed by atoms with Crippen molar-refractivity contribution in [1.29, 1.82) is 0 Å². The Hall–Kier alpha value is -2.67. The minimum Gasteiger partial charge on any atom is -0.394 e. The van der Waals surface area contributed by atoms with Gasteiger partial charge >= 0.3 is 0 Å². The van der Waals surface area contributed by atoms with Crippen LogP contribution in [-0.2, 0) is 57.0 Å². The monoisotopic (exact) mass is 963 g/mol. The van der Waals surface area contributed by atoms with Crippen molar-refractivity contribution in [2.24, 2.45) is 5.11 Å². The third-order valence-electron chi connectivity index (χ3n) is 11.6. The molecule has 30 nitrogen and oxygen atoms in total. The Morgan fingerprint density at radius 3 is 1.55 bits per heavy atom. The SMILES string of the molecule is CC(=O)N[C@H]1[C@H](OCCN=[N+]=[N-])O[C@H](CO)[C@@H](O[C@@H]2O[C@H](CO)[C@H](O)[C@H](O[C@@H]3O[C@H](CO)[C@@H](O[C@@H]4O[C@@H](C)[C@@H](O)[C@@H](O)[C@@H]4O)[C@H](O[C@@H]4O[C@H](CO)[C@H](O)[C@H](O)[C@H]4O)[C@H]3NC(C)=O)[C@H]2O)[C@@H]1O. The second kappa shape index (κ2) is 24.2. The van der Waals surface area contributed by atoms with Gasteiger partial charge in [0.2, 0.25) is 11.8 Å². The van der Waals surface area contributed by atoms with Crippen LogP contribution in [0.3, 0.4) is 0 Å². The number of nitrogens with one attached hydrogen (secondary N) is 2. The van der Waals surface area contributed by atoms with E-state index in [1.54, 1.807) is 0 Å². The van der Waals surface area contributed by atoms with Crippen molar-refractivity contribution >= 4 is 11.8 Å². The molecule has 5 saturated heterocycles. The Labute approximate surface area is 375 Å². The first-order valence-electron chi connectivity index (χ1n) is 20.9. The third-order valence-corrected chi connectivity index (χ3v) is 11.6. The number of rotatable bonds is 18. The van der Waals surface area contributed by atoms with E-state index in [9.17, 15) is 76.0 Å². The van der Waals surface area contributed by atoms with E-state index in [0.29, 0.717) is 0 Å². The summed E-state index contributed by atoms with van der Waals surface area (Å²) in [4.78, 5) is 27.7. The Bertz CT molecular complexity index is 1610. The molecule has 15 N–H and O–H groups in total. The number of hydrogen-bond donors (Lipinski definition) is 15. The number of aliphatic hydroxyl groups is 13. The van der Waals surface area contributed by atoms with Crippen molar-refractivity contribution < 1.29 is 123 Å². The zero-order valence-corrected chi connectivity index (χ0v) is 35.7. The number of azide groups is 1. The van der Waals surface area contributed by atoms with Gasteiger partial charge in [-0.25, -0.2) is 0 Å². The van der Waals surface area contributed by atoms with E-state index in [2.05, 4.69) is 20.7 Å². The van der Waals surface area contributed by atoms with E-state index < -0.39 is 192 Å². The van der Waals surface area contributed by atoms with E-state index >= 15 is 0 Å². The van der Waals surface area contributed by atoms with E-state index in [-0.39, 0.29) is 13.2 Å². The predicted molar refractivity (Wildman–Crippen MR) is 206 cm³/mol. The molecular formula is C36H61N5O25. The third kappa shape index (κ3) is 12.2. The number of carbonyl (C=O) groups excluding carboxylic acids is 2. The molecule has 0 saturated carbocycles. The average Bonchev–Trinajstić information content (AvgIpc) is 3.28. The molecular weight excluding hydrogens is 902 g/mol. The van der Waals surface area contributed by atoms with Gasteiger partial charge in [0.25, 0.3) is 0 Å². The lowest BCUT2D eigenvalue weighted by molar-refractivity contribution is -0.390. The zero-order chi connectivity index (χ0) is 48.7. The highest BCUT2D eigenvalue weighted by Crippen LogP contribution is 2.37. The molecule has 0 aromatic rings. The maximum absolute atomic E-state index is 12.9. The summed E-state index contributed by atoms with van der Waals surface area (Å²) in [5.41, 5.74) is 8.60. The first kappa shape index (κ1) is 54.3. The van der Waals surface area contributed by atoms with Crippen LogP contribution in [0.4, 0.5) is 0 Å². The molecule has 30 heteroatoms. The molecule has 0 bridgehead atoms. The summed E-state index contributed by atoms with van der Waals surface area (Å²) < 4.78 is 58.4. The normalized spacial score (nSPS) is 46.5. The zero-order valence-electron chi connectivity index (χ0n) is 35.7. The number of amides is 2. The van der Waals surface area contributed by atoms with Crippen LogP contribution in [0.1, 0.15) is 20.8 Å². The van der Waals surface area contributed by atoms with E-state index in [1.807, 2.05) is 0 Å². The van der Waals surface area contributed by atoms with Gasteiger partial charge in [0.15, 0.2) is 31.5 Å². The molecule has 5 fully saturated rings. The summed E-state index contributed by atoms with van der Waals surface area (Å²) in [6, 6.07) is -3.18. The van der Waals surface area contributed by atoms with Gasteiger partial charge < -0.3 is 124 Å². The smallest absolute Gasteiger partial charge is 0.217 e. The van der Waals surface area contributed by atoms with Gasteiger partial charge in [0, 0.05) is 25.3 Å². The fourth-order valence-electron chi connectivity index (χ4n) is 8.15. The average molecular weight is 964 g/mol. The molecule has 0 radical (unpaired) electrons. The summed E-state index contributed by atoms with van der Waals surface area (Å²) in [5.74, 6) is -1.52. The number of ether oxygens (including phenoxy) is 10. The second-order valence-corrected chi connectivity index (χ2v) is 16.2. The highest BCUT2D eigenvalue weighted by Gasteiger charge is 2.58. The second-order valence-electron chi connectivity index (χ2n) is 16.2. The highest BCUT2D eigenvalue weighted by atomic mass is 16.8. The van der Waals surface area contributed by atoms with Crippen molar-refractivity contribution in [3.05, 3.63) is 10.4 Å². The van der Waals surface area contributed by atoms with Crippen LogP contribution in [-0.4, -0.2) is 271 Å². The van der Waals surface area contributed by atoms with Gasteiger partial charge in [-0.15, -0.1) is 0 Å². The first-order valence-corrected chi connectivity index (χ1v) is 20.9. The fraction of sp³-hybridized carbons (Fsp3) is 0.944. The molecule has 5 heterocycles. The molecule has 0 unspecified atom stereocenters. The lowest BCUT2D eigenvalue weighted by Gasteiger charge is -2.51. The van der Waals surface area contributed by atoms with Gasteiger partial charge in [0.05, 0.1) is 39.1 Å². The number of hydrogen-bond acceptors (Lipinski definition) is 26. The largest absolute Gasteiger partial charge is 0.394 e. The molecule has 2 amide bonds. The minimum absolute atomic E-state index is 0.176. The van der Waals surface area contributed by atoms with Crippen molar-refractivity contribution in [2.45, 2.75) is 174 Å². The van der Waals surface area contributed by atoms with Gasteiger partial charge in [0.1, 0.15) is 116 Å². The number of nitrogens with zero attached hydrogens (tertiary/aromatic N) is 3. The van der Waals surface area contributed by atoms with Gasteiger partial charge in [-0.05, 0) is 12.5 Å². The standard InChI is InChI=1S/C36H61N5O25/c1-10-19(48)23(52)25(54)34(58-10)64-29-16(9-45)62-33(18(40-12(3)47)30(29)65-35-26(55)24(53)20(49)13(6-42)59-35)66-31-21(50)14(7-43)60-36(27(31)56)63-28-15(8-44)61-32(57-5-4-38-41-37)17(22(28)51)39-11(2)46/h10,13-36,42-45,48-56H,4-9H2,1-3H3,(H,39,46)(H,40,47)/t10-,13+,14+,15+,16+,17+,18+,19+,20-,21-,22+,23+,24-,25-,26+,27+,28+,29+,30+,31-,32+,33-,34-,35-,36-/m0/s1. The Morgan fingerprint density at radius 2 is 0.970 bits per heavy atom. The molecule has 380 valence electrons. The van der Waals surface area contributed by atoms with Crippen LogP contribution < -0.4 is 10.6 Å². The lowest BCUT2D eigenvalue weighted by atomic mass is 9.93. The van der Waals surface area contributed by atoms with Crippen LogP contribution in [0.15, 0.2) is 5.11 Å². The molecule has 0 aliphatic carbocycles. The number of aliphatic hydroxyl groups excluding tert-OH is 13. The van der Waals surface area contributed by atoms with Gasteiger partial charge in [-0.3, -0.25) is 9.59 Å². The first-order chi connectivity index (χ1) is 31.3. The summed E-state index contributed by atoms with van der Waals surface area (Å²) in [6.07, 6.45) is -41.4. The molecule has 25 atom stereocenters. The summed E-state index contributed by atoms with van der Waals surface area (Å²) in [6.45, 7) is -0.721. The topological polar surface area (TPSA) is 462 Å². The van der Waals surface area contributed by atoms with E-state index in [1.165, 1.54) is 6.92 Å². The summed E-state index contributed by atoms with van der Waals surface area (Å²) in [5, 5.41) is 148. The van der Waals surface area contributed by atoms with Crippen molar-refractivity contribution in [2.75, 3.05) is 39.6 Å². The number of carbonyl (C=O) groups is 2. The quantitative estimate of drug-likeness (QED) is 0.0262. The maximum atomic E-state index is 12.9. The fourth-order valence-corrected chi connectivity index (χ4v) is 8.15. The Balaban J connectivity index is 1.48. The van der Waals surface area contributed by atoms with Gasteiger partial charge in [-0.1, -0.05) is 5.11 Å². The molecule has 0 aromatic heterocycles. The highest BCUT2D eigenvalue weighted by molar-refractivity contribution is 5.73. The summed E-state index contributed by atoms with van der Waals surface area (Å²) >= 11 is 0. The molecule has 5 aliphatic heterocycles. The minimum atomic E-state index is -2.15. The van der Waals surface area contributed by atoms with Crippen LogP contribution in [0.25, 0.3) is 10.4 Å². The van der Waals surface area contributed by atoms with Gasteiger partial charge in [-0.2, -0.15) is 0 Å². The summed E-state index contributed by atoms with van der Waals surface area (Å²) in [7, 11) is 0. The molecule has 5 aliphatic rings. The van der Waals surface area contributed by atoms with E-state index in [0.717, 1.165) is 13.8 Å². The molecule has 5 rings (SSSR count). The van der Waals surface area contributed by atoms with Crippen LogP contribution in [0, 0.1) is 0 Å². The van der Waals surface area contributed by atoms with Crippen molar-refractivity contribution in [3.63, 3.8) is 0 Å². The van der Waals surface area contributed by atoms with Crippen LogP contribution in [0.5, 0.6) is 0 Å². The maximum Gasteiger partial charge on any atom is 0.217 e. The van der Waals surface area contributed by atoms with E-state index in [4.69, 9.17) is 52.9 Å². The Kier molecular flexibility index (Phi) is 19.9. The lowest BCUT2D eigenvalue weighted by Crippen LogP contribution is -2.71. The predicted octanol–water partition coefficient (Wildman–Crippen LogP) is -9.27. The van der Waals surface area contributed by atoms with Crippen LogP contribution in [0.2, 0.25) is 0 Å². The van der Waals surface area contributed by atoms with Crippen molar-refractivity contribution in [1.82, 2.24) is 10.6 Å². The molecule has 0 aromatic carbocycles.